The minimum absolute atomic E-state index is 0.0594. The second-order valence-electron chi connectivity index (χ2n) is 8.98. The number of aliphatic hydroxyl groups excluding tert-OH is 1. The van der Waals surface area contributed by atoms with Crippen LogP contribution in [-0.4, -0.2) is 61.9 Å². The van der Waals surface area contributed by atoms with E-state index in [-0.39, 0.29) is 27.8 Å². The number of nitrogens with zero attached hydrogens (tertiary/aromatic N) is 5. The summed E-state index contributed by atoms with van der Waals surface area (Å²) in [6.07, 6.45) is 4.64. The summed E-state index contributed by atoms with van der Waals surface area (Å²) in [5.74, 6) is -0.262. The molecule has 2 aliphatic rings. The molecule has 3 heterocycles. The second kappa shape index (κ2) is 7.92. The number of aromatic nitrogens is 3. The van der Waals surface area contributed by atoms with E-state index in [4.69, 9.17) is 5.26 Å². The van der Waals surface area contributed by atoms with Gasteiger partial charge in [-0.2, -0.15) is 5.26 Å². The molecule has 170 valence electrons. The molecule has 2 aromatic heterocycles. The molecule has 3 aromatic rings. The highest BCUT2D eigenvalue weighted by molar-refractivity contribution is 5.67. The van der Waals surface area contributed by atoms with Crippen molar-refractivity contribution in [2.24, 2.45) is 0 Å². The standard InChI is InChI=1S/C24H25FN6O2/c1-15-18(5-3-16(11-26)21(15)25)19-13-28-31(23(19)33)20-6-4-17(12-27-20)22(32)30-10-9-29(2)24(14-30)7-8-24/h3-6,12-13,22,28,32H,7-10,14H2,1-2H3. The number of rotatable bonds is 4. The van der Waals surface area contributed by atoms with E-state index in [2.05, 4.69) is 26.9 Å². The number of hydrogen-bond acceptors (Lipinski definition) is 6. The number of pyridine rings is 1. The van der Waals surface area contributed by atoms with Gasteiger partial charge >= 0.3 is 0 Å². The van der Waals surface area contributed by atoms with Gasteiger partial charge in [0.25, 0.3) is 5.56 Å². The fourth-order valence-corrected chi connectivity index (χ4v) is 4.68. The van der Waals surface area contributed by atoms with Gasteiger partial charge in [-0.15, -0.1) is 0 Å². The lowest BCUT2D eigenvalue weighted by atomic mass is 10.0. The lowest BCUT2D eigenvalue weighted by Gasteiger charge is -2.42. The predicted octanol–water partition coefficient (Wildman–Crippen LogP) is 2.32. The van der Waals surface area contributed by atoms with Gasteiger partial charge < -0.3 is 5.11 Å². The lowest BCUT2D eigenvalue weighted by molar-refractivity contribution is -0.0478. The van der Waals surface area contributed by atoms with Crippen LogP contribution in [0.5, 0.6) is 0 Å². The van der Waals surface area contributed by atoms with E-state index in [1.807, 2.05) is 0 Å². The second-order valence-corrected chi connectivity index (χ2v) is 8.98. The van der Waals surface area contributed by atoms with E-state index in [1.165, 1.54) is 16.9 Å². The van der Waals surface area contributed by atoms with Crippen LogP contribution in [0.25, 0.3) is 16.9 Å². The Labute approximate surface area is 190 Å². The van der Waals surface area contributed by atoms with Crippen molar-refractivity contribution in [1.82, 2.24) is 24.6 Å². The van der Waals surface area contributed by atoms with Crippen molar-refractivity contribution in [3.63, 3.8) is 0 Å². The molecule has 9 heteroatoms. The van der Waals surface area contributed by atoms with Crippen LogP contribution in [0.4, 0.5) is 4.39 Å². The smallest absolute Gasteiger partial charge is 0.280 e. The van der Waals surface area contributed by atoms with Gasteiger partial charge in [0.2, 0.25) is 0 Å². The molecular weight excluding hydrogens is 423 g/mol. The van der Waals surface area contributed by atoms with E-state index < -0.39 is 12.0 Å². The number of nitriles is 1. The van der Waals surface area contributed by atoms with Gasteiger partial charge in [0.05, 0.1) is 11.1 Å². The van der Waals surface area contributed by atoms with Gasteiger partial charge in [0.1, 0.15) is 18.1 Å². The lowest BCUT2D eigenvalue weighted by Crippen LogP contribution is -2.54. The van der Waals surface area contributed by atoms with Crippen LogP contribution < -0.4 is 5.56 Å². The van der Waals surface area contributed by atoms with E-state index in [0.29, 0.717) is 16.9 Å². The first-order valence-electron chi connectivity index (χ1n) is 10.9. The van der Waals surface area contributed by atoms with Crippen molar-refractivity contribution in [3.05, 3.63) is 69.5 Å². The zero-order valence-corrected chi connectivity index (χ0v) is 18.5. The largest absolute Gasteiger partial charge is 0.374 e. The zero-order valence-electron chi connectivity index (χ0n) is 18.5. The summed E-state index contributed by atoms with van der Waals surface area (Å²) in [5.41, 5.74) is 1.38. The van der Waals surface area contributed by atoms with Crippen molar-refractivity contribution in [2.45, 2.75) is 31.5 Å². The fourth-order valence-electron chi connectivity index (χ4n) is 4.68. The maximum atomic E-state index is 14.4. The Bertz CT molecular complexity index is 1300. The summed E-state index contributed by atoms with van der Waals surface area (Å²) in [7, 11) is 2.14. The Morgan fingerprint density at radius 2 is 2.03 bits per heavy atom. The molecule has 2 N–H and O–H groups in total. The molecule has 1 aliphatic carbocycles. The molecule has 1 spiro atoms. The maximum Gasteiger partial charge on any atom is 0.280 e. The molecule has 33 heavy (non-hydrogen) atoms. The summed E-state index contributed by atoms with van der Waals surface area (Å²) in [6.45, 7) is 4.06. The molecule has 0 radical (unpaired) electrons. The van der Waals surface area contributed by atoms with E-state index >= 15 is 0 Å². The Balaban J connectivity index is 1.39. The van der Waals surface area contributed by atoms with Crippen molar-refractivity contribution < 1.29 is 9.50 Å². The van der Waals surface area contributed by atoms with E-state index in [1.54, 1.807) is 37.4 Å². The van der Waals surface area contributed by atoms with Gasteiger partial charge in [-0.05, 0) is 56.1 Å². The molecule has 1 aromatic carbocycles. The average molecular weight is 449 g/mol. The highest BCUT2D eigenvalue weighted by Gasteiger charge is 2.50. The number of hydrogen-bond donors (Lipinski definition) is 2. The molecule has 0 bridgehead atoms. The number of nitrogens with one attached hydrogen (secondary N) is 1. The van der Waals surface area contributed by atoms with Crippen molar-refractivity contribution >= 4 is 0 Å². The van der Waals surface area contributed by atoms with Crippen LogP contribution in [0, 0.1) is 24.1 Å². The van der Waals surface area contributed by atoms with Gasteiger partial charge in [-0.1, -0.05) is 6.07 Å². The Morgan fingerprint density at radius 3 is 2.70 bits per heavy atom. The Morgan fingerprint density at radius 1 is 1.24 bits per heavy atom. The quantitative estimate of drug-likeness (QED) is 0.635. The minimum Gasteiger partial charge on any atom is -0.374 e. The first-order valence-corrected chi connectivity index (χ1v) is 10.9. The number of benzene rings is 1. The molecule has 5 rings (SSSR count). The topological polar surface area (TPSA) is 101 Å². The molecule has 1 saturated carbocycles. The Kier molecular flexibility index (Phi) is 5.16. The summed E-state index contributed by atoms with van der Waals surface area (Å²) >= 11 is 0. The normalized spacial score (nSPS) is 18.9. The summed E-state index contributed by atoms with van der Waals surface area (Å²) < 4.78 is 15.6. The minimum atomic E-state index is -0.752. The van der Waals surface area contributed by atoms with E-state index in [9.17, 15) is 14.3 Å². The number of piperazine rings is 1. The van der Waals surface area contributed by atoms with Crippen LogP contribution >= 0.6 is 0 Å². The van der Waals surface area contributed by atoms with Gasteiger partial charge in [-0.25, -0.2) is 14.1 Å². The summed E-state index contributed by atoms with van der Waals surface area (Å²) in [4.78, 5) is 21.8. The summed E-state index contributed by atoms with van der Waals surface area (Å²) in [6, 6.07) is 8.19. The van der Waals surface area contributed by atoms with Crippen molar-refractivity contribution in [3.8, 4) is 23.0 Å². The van der Waals surface area contributed by atoms with Crippen LogP contribution in [0.2, 0.25) is 0 Å². The van der Waals surface area contributed by atoms with Crippen molar-refractivity contribution in [2.75, 3.05) is 26.7 Å². The molecule has 0 amide bonds. The number of H-pyrrole nitrogens is 1. The Hall–Kier alpha value is -3.32. The highest BCUT2D eigenvalue weighted by atomic mass is 19.1. The number of aliphatic hydroxyl groups is 1. The van der Waals surface area contributed by atoms with Gasteiger partial charge in [-0.3, -0.25) is 19.7 Å². The molecule has 8 nitrogen and oxygen atoms in total. The molecule has 1 aliphatic heterocycles. The maximum absolute atomic E-state index is 14.4. The predicted molar refractivity (Wildman–Crippen MR) is 120 cm³/mol. The third-order valence-electron chi connectivity index (χ3n) is 7.07. The number of likely N-dealkylation sites (N-methyl/N-ethyl adjacent to an activating group) is 1. The van der Waals surface area contributed by atoms with E-state index in [0.717, 1.165) is 32.5 Å². The zero-order chi connectivity index (χ0) is 23.3. The average Bonchev–Trinajstić information content (AvgIpc) is 3.50. The molecular formula is C24H25FN6O2. The van der Waals surface area contributed by atoms with Crippen LogP contribution in [0.3, 0.4) is 0 Å². The first-order chi connectivity index (χ1) is 15.8. The van der Waals surface area contributed by atoms with Crippen LogP contribution in [0.15, 0.2) is 41.5 Å². The number of halogens is 1. The molecule has 2 fully saturated rings. The molecule has 1 unspecified atom stereocenters. The van der Waals surface area contributed by atoms with Gasteiger partial charge in [0, 0.05) is 43.1 Å². The van der Waals surface area contributed by atoms with Gasteiger partial charge in [0.15, 0.2) is 5.82 Å². The first kappa shape index (κ1) is 21.5. The third-order valence-corrected chi connectivity index (χ3v) is 7.07. The van der Waals surface area contributed by atoms with Crippen LogP contribution in [0.1, 0.15) is 35.8 Å². The SMILES string of the molecule is Cc1c(-c2c[nH]n(-c3ccc(C(O)N4CCN(C)C5(CC5)C4)cn3)c2=O)ccc(C#N)c1F. The molecule has 1 saturated heterocycles. The fraction of sp³-hybridized carbons (Fsp3) is 0.375. The van der Waals surface area contributed by atoms with Crippen molar-refractivity contribution in [1.29, 1.82) is 5.26 Å². The summed E-state index contributed by atoms with van der Waals surface area (Å²) in [5, 5.41) is 22.8. The number of aromatic amines is 1. The highest BCUT2D eigenvalue weighted by Crippen LogP contribution is 2.44. The molecule has 1 atom stereocenters. The van der Waals surface area contributed by atoms with Crippen LogP contribution in [-0.2, 0) is 0 Å². The monoisotopic (exact) mass is 448 g/mol. The third kappa shape index (κ3) is 3.56.